The zero-order valence-corrected chi connectivity index (χ0v) is 15.9. The number of rotatable bonds is 5. The number of H-pyrrole nitrogens is 1. The van der Waals surface area contributed by atoms with Gasteiger partial charge in [0.05, 0.1) is 0 Å². The van der Waals surface area contributed by atoms with Gasteiger partial charge in [0.15, 0.2) is 5.69 Å². The summed E-state index contributed by atoms with van der Waals surface area (Å²) in [5.41, 5.74) is 5.02. The summed E-state index contributed by atoms with van der Waals surface area (Å²) in [5.74, 6) is -0.113. The average molecular weight is 368 g/mol. The molecule has 0 bridgehead atoms. The fourth-order valence-electron chi connectivity index (χ4n) is 3.71. The number of piperazine rings is 1. The van der Waals surface area contributed by atoms with Crippen LogP contribution in [0.5, 0.6) is 0 Å². The number of fused-ring (bicyclic) bond motifs is 1. The first-order chi connectivity index (χ1) is 13.2. The van der Waals surface area contributed by atoms with Crippen LogP contribution in [0, 0.1) is 0 Å². The van der Waals surface area contributed by atoms with E-state index in [2.05, 4.69) is 61.9 Å². The van der Waals surface area contributed by atoms with Crippen LogP contribution in [0.3, 0.4) is 0 Å². The Kier molecular flexibility index (Phi) is 5.52. The molecule has 2 aromatic rings. The Morgan fingerprint density at radius 1 is 1.15 bits per heavy atom. The molecule has 0 radical (unpaired) electrons. The standard InChI is InChI=1S/C20H28N6O/c1-25-8-10-26(11-9-25)14-16-4-2-15(3-5-16)12-22-20(27)19-17-13-21-7-6-18(17)23-24-19/h2-5,21H,6-14H2,1H3,(H,22,27)(H,23,24). The maximum absolute atomic E-state index is 12.5. The maximum atomic E-state index is 12.5. The highest BCUT2D eigenvalue weighted by molar-refractivity contribution is 5.94. The molecule has 3 N–H and O–H groups in total. The van der Waals surface area contributed by atoms with Crippen molar-refractivity contribution in [2.75, 3.05) is 39.8 Å². The van der Waals surface area contributed by atoms with Crippen LogP contribution in [0.1, 0.15) is 32.9 Å². The third-order valence-corrected chi connectivity index (χ3v) is 5.50. The fraction of sp³-hybridized carbons (Fsp3) is 0.500. The molecule has 1 saturated heterocycles. The molecule has 1 fully saturated rings. The third-order valence-electron chi connectivity index (χ3n) is 5.50. The van der Waals surface area contributed by atoms with Crippen LogP contribution < -0.4 is 10.6 Å². The van der Waals surface area contributed by atoms with Crippen molar-refractivity contribution in [1.29, 1.82) is 0 Å². The van der Waals surface area contributed by atoms with Crippen molar-refractivity contribution in [3.8, 4) is 0 Å². The molecule has 1 aromatic heterocycles. The van der Waals surface area contributed by atoms with Gasteiger partial charge in [-0.1, -0.05) is 24.3 Å². The van der Waals surface area contributed by atoms with Gasteiger partial charge in [0.25, 0.3) is 5.91 Å². The lowest BCUT2D eigenvalue weighted by molar-refractivity contribution is 0.0944. The number of carbonyl (C=O) groups is 1. The molecule has 0 atom stereocenters. The molecule has 0 spiro atoms. The summed E-state index contributed by atoms with van der Waals surface area (Å²) in [6.07, 6.45) is 0.893. The minimum absolute atomic E-state index is 0.113. The highest BCUT2D eigenvalue weighted by Crippen LogP contribution is 2.15. The second-order valence-corrected chi connectivity index (χ2v) is 7.53. The lowest BCUT2D eigenvalue weighted by Gasteiger charge is -2.32. The normalized spacial score (nSPS) is 18.3. The Balaban J connectivity index is 1.30. The molecule has 1 aromatic carbocycles. The summed E-state index contributed by atoms with van der Waals surface area (Å²) in [6.45, 7) is 7.66. The smallest absolute Gasteiger partial charge is 0.272 e. The van der Waals surface area contributed by atoms with E-state index in [4.69, 9.17) is 0 Å². The van der Waals surface area contributed by atoms with Crippen LogP contribution in [-0.4, -0.2) is 65.7 Å². The first-order valence-corrected chi connectivity index (χ1v) is 9.73. The molecular formula is C20H28N6O. The SMILES string of the molecule is CN1CCN(Cc2ccc(CNC(=O)c3n[nH]c4c3CNCC4)cc2)CC1. The highest BCUT2D eigenvalue weighted by Gasteiger charge is 2.21. The third kappa shape index (κ3) is 4.37. The van der Waals surface area contributed by atoms with Crippen molar-refractivity contribution in [2.24, 2.45) is 0 Å². The first-order valence-electron chi connectivity index (χ1n) is 9.73. The van der Waals surface area contributed by atoms with Crippen molar-refractivity contribution in [3.05, 3.63) is 52.3 Å². The molecule has 4 rings (SSSR count). The Labute approximate surface area is 160 Å². The molecule has 27 heavy (non-hydrogen) atoms. The number of benzene rings is 1. The Morgan fingerprint density at radius 2 is 1.89 bits per heavy atom. The summed E-state index contributed by atoms with van der Waals surface area (Å²) in [7, 11) is 2.18. The van der Waals surface area contributed by atoms with E-state index in [1.54, 1.807) is 0 Å². The van der Waals surface area contributed by atoms with Crippen molar-refractivity contribution in [3.63, 3.8) is 0 Å². The lowest BCUT2D eigenvalue weighted by Crippen LogP contribution is -2.43. The number of carbonyl (C=O) groups excluding carboxylic acids is 1. The molecule has 0 aliphatic carbocycles. The van der Waals surface area contributed by atoms with E-state index in [0.717, 1.165) is 62.5 Å². The second-order valence-electron chi connectivity index (χ2n) is 7.53. The fourth-order valence-corrected chi connectivity index (χ4v) is 3.71. The van der Waals surface area contributed by atoms with Crippen molar-refractivity contribution < 1.29 is 4.79 Å². The molecule has 7 nitrogen and oxygen atoms in total. The Bertz CT molecular complexity index is 776. The Hall–Kier alpha value is -2.22. The molecule has 7 heteroatoms. The molecule has 144 valence electrons. The summed E-state index contributed by atoms with van der Waals surface area (Å²) in [5, 5.41) is 13.5. The van der Waals surface area contributed by atoms with Gasteiger partial charge in [0.1, 0.15) is 0 Å². The summed E-state index contributed by atoms with van der Waals surface area (Å²) in [4.78, 5) is 17.3. The Morgan fingerprint density at radius 3 is 2.67 bits per heavy atom. The van der Waals surface area contributed by atoms with Crippen LogP contribution in [0.25, 0.3) is 0 Å². The molecule has 0 saturated carbocycles. The van der Waals surface area contributed by atoms with Gasteiger partial charge < -0.3 is 15.5 Å². The number of nitrogens with one attached hydrogen (secondary N) is 3. The van der Waals surface area contributed by atoms with E-state index in [1.165, 1.54) is 5.56 Å². The van der Waals surface area contributed by atoms with Crippen LogP contribution in [0.2, 0.25) is 0 Å². The minimum atomic E-state index is -0.113. The summed E-state index contributed by atoms with van der Waals surface area (Å²) < 4.78 is 0. The van der Waals surface area contributed by atoms with Crippen LogP contribution in [0.4, 0.5) is 0 Å². The molecule has 3 heterocycles. The van der Waals surface area contributed by atoms with E-state index in [-0.39, 0.29) is 5.91 Å². The highest BCUT2D eigenvalue weighted by atomic mass is 16.1. The number of likely N-dealkylation sites (N-methyl/N-ethyl adjacent to an activating group) is 1. The predicted molar refractivity (Wildman–Crippen MR) is 104 cm³/mol. The van der Waals surface area contributed by atoms with Crippen molar-refractivity contribution >= 4 is 5.91 Å². The molecule has 0 unspecified atom stereocenters. The van der Waals surface area contributed by atoms with Gasteiger partial charge in [-0.25, -0.2) is 0 Å². The lowest BCUT2D eigenvalue weighted by atomic mass is 10.1. The van der Waals surface area contributed by atoms with Crippen molar-refractivity contribution in [2.45, 2.75) is 26.1 Å². The van der Waals surface area contributed by atoms with E-state index >= 15 is 0 Å². The number of hydrogen-bond donors (Lipinski definition) is 3. The summed E-state index contributed by atoms with van der Waals surface area (Å²) in [6, 6.07) is 8.54. The summed E-state index contributed by atoms with van der Waals surface area (Å²) >= 11 is 0. The van der Waals surface area contributed by atoms with Gasteiger partial charge in [-0.05, 0) is 18.2 Å². The average Bonchev–Trinajstić information content (AvgIpc) is 3.13. The quantitative estimate of drug-likeness (QED) is 0.726. The molecule has 2 aliphatic heterocycles. The van der Waals surface area contributed by atoms with E-state index < -0.39 is 0 Å². The van der Waals surface area contributed by atoms with Gasteiger partial charge in [-0.2, -0.15) is 5.10 Å². The van der Waals surface area contributed by atoms with E-state index in [0.29, 0.717) is 18.8 Å². The van der Waals surface area contributed by atoms with Crippen molar-refractivity contribution in [1.82, 2.24) is 30.6 Å². The molecular weight excluding hydrogens is 340 g/mol. The maximum Gasteiger partial charge on any atom is 0.272 e. The molecule has 2 aliphatic rings. The van der Waals surface area contributed by atoms with Gasteiger partial charge in [-0.15, -0.1) is 0 Å². The first kappa shape index (κ1) is 18.2. The zero-order valence-electron chi connectivity index (χ0n) is 15.9. The largest absolute Gasteiger partial charge is 0.347 e. The second kappa shape index (κ2) is 8.21. The number of hydrogen-bond acceptors (Lipinski definition) is 5. The minimum Gasteiger partial charge on any atom is -0.347 e. The monoisotopic (exact) mass is 368 g/mol. The number of aromatic nitrogens is 2. The topological polar surface area (TPSA) is 76.3 Å². The van der Waals surface area contributed by atoms with Crippen LogP contribution >= 0.6 is 0 Å². The number of aromatic amines is 1. The van der Waals surface area contributed by atoms with Gasteiger partial charge >= 0.3 is 0 Å². The van der Waals surface area contributed by atoms with Crippen LogP contribution in [0.15, 0.2) is 24.3 Å². The molecule has 1 amide bonds. The van der Waals surface area contributed by atoms with Crippen LogP contribution in [-0.2, 0) is 26.1 Å². The number of nitrogens with zero attached hydrogens (tertiary/aromatic N) is 3. The van der Waals surface area contributed by atoms with Gasteiger partial charge in [0.2, 0.25) is 0 Å². The van der Waals surface area contributed by atoms with E-state index in [9.17, 15) is 4.79 Å². The van der Waals surface area contributed by atoms with Gasteiger partial charge in [0, 0.05) is 70.0 Å². The number of amides is 1. The zero-order chi connectivity index (χ0) is 18.6. The van der Waals surface area contributed by atoms with Gasteiger partial charge in [-0.3, -0.25) is 14.8 Å². The van der Waals surface area contributed by atoms with E-state index in [1.807, 2.05) is 0 Å². The predicted octanol–water partition coefficient (Wildman–Crippen LogP) is 0.733.